The van der Waals surface area contributed by atoms with Crippen molar-refractivity contribution in [3.8, 4) is 17.0 Å². The summed E-state index contributed by atoms with van der Waals surface area (Å²) in [5.74, 6) is 1.65. The average Bonchev–Trinajstić information content (AvgIpc) is 3.08. The molecule has 1 aliphatic rings. The lowest BCUT2D eigenvalue weighted by Gasteiger charge is -2.16. The Hall–Kier alpha value is -3.86. The molecule has 5 heteroatoms. The number of aromatic nitrogens is 3. The van der Waals surface area contributed by atoms with Crippen LogP contribution in [0.25, 0.3) is 23.0 Å². The van der Waals surface area contributed by atoms with Gasteiger partial charge in [0.05, 0.1) is 24.7 Å². The van der Waals surface area contributed by atoms with Gasteiger partial charge in [0.2, 0.25) is 0 Å². The summed E-state index contributed by atoms with van der Waals surface area (Å²) in [7, 11) is 1.68. The fraction of sp³-hybridized carbons (Fsp3) is 0.0435. The summed E-state index contributed by atoms with van der Waals surface area (Å²) in [5.41, 5.74) is 7.70. The fourth-order valence-corrected chi connectivity index (χ4v) is 3.45. The molecule has 5 rings (SSSR count). The molecule has 1 N–H and O–H groups in total. The summed E-state index contributed by atoms with van der Waals surface area (Å²) < 4.78 is 7.49. The van der Waals surface area contributed by atoms with E-state index in [2.05, 4.69) is 45.7 Å². The van der Waals surface area contributed by atoms with E-state index in [1.807, 2.05) is 47.3 Å². The van der Waals surface area contributed by atoms with Crippen LogP contribution in [-0.4, -0.2) is 21.8 Å². The van der Waals surface area contributed by atoms with Gasteiger partial charge in [-0.2, -0.15) is 0 Å². The number of nitrogens with zero attached hydrogens (tertiary/aromatic N) is 3. The first-order valence-corrected chi connectivity index (χ1v) is 9.04. The highest BCUT2D eigenvalue weighted by Crippen LogP contribution is 2.22. The van der Waals surface area contributed by atoms with E-state index in [9.17, 15) is 0 Å². The molecular weight excluding hydrogens is 348 g/mol. The first kappa shape index (κ1) is 16.3. The molecule has 0 aliphatic carbocycles. The smallest absolute Gasteiger partial charge is 0.152 e. The monoisotopic (exact) mass is 366 g/mol. The van der Waals surface area contributed by atoms with Crippen molar-refractivity contribution >= 4 is 11.8 Å². The Morgan fingerprint density at radius 2 is 1.75 bits per heavy atom. The van der Waals surface area contributed by atoms with Crippen molar-refractivity contribution in [1.82, 2.24) is 14.6 Å². The highest BCUT2D eigenvalue weighted by Gasteiger charge is 2.16. The molecule has 2 aromatic carbocycles. The summed E-state index contributed by atoms with van der Waals surface area (Å²) in [6.07, 6.45) is 7.54. The first-order chi connectivity index (χ1) is 13.8. The van der Waals surface area contributed by atoms with Gasteiger partial charge in [0.15, 0.2) is 5.82 Å². The van der Waals surface area contributed by atoms with Crippen LogP contribution >= 0.6 is 0 Å². The number of methoxy groups -OCH3 is 1. The third-order valence-corrected chi connectivity index (χ3v) is 4.87. The van der Waals surface area contributed by atoms with Gasteiger partial charge in [-0.15, -0.1) is 0 Å². The summed E-state index contributed by atoms with van der Waals surface area (Å²) in [6.45, 7) is 0. The van der Waals surface area contributed by atoms with Crippen molar-refractivity contribution in [3.63, 3.8) is 0 Å². The molecular formula is C23H18N4O. The lowest BCUT2D eigenvalue weighted by molar-refractivity contribution is 0.414. The summed E-state index contributed by atoms with van der Waals surface area (Å²) in [6, 6.07) is 20.3. The van der Waals surface area contributed by atoms with Gasteiger partial charge in [-0.05, 0) is 35.6 Å². The molecule has 0 saturated carbocycles. The number of hydrogen-bond donors (Lipinski definition) is 1. The second-order valence-corrected chi connectivity index (χ2v) is 6.52. The molecule has 1 aliphatic heterocycles. The van der Waals surface area contributed by atoms with E-state index in [1.54, 1.807) is 19.5 Å². The Balaban J connectivity index is 1.80. The van der Waals surface area contributed by atoms with Crippen LogP contribution in [-0.2, 0) is 0 Å². The van der Waals surface area contributed by atoms with Gasteiger partial charge in [0, 0.05) is 28.7 Å². The zero-order chi connectivity index (χ0) is 18.9. The summed E-state index contributed by atoms with van der Waals surface area (Å²) >= 11 is 0. The number of rotatable bonds is 3. The Labute approximate surface area is 162 Å². The standard InChI is InChI=1S/C23H18N4O/c1-28-19-8-7-18-13-22-25-15-21(16-9-11-24-12-10-16)27(22)26-23(20(18)14-19)17-5-3-2-4-6-17/h2-15,26H,1H3. The summed E-state index contributed by atoms with van der Waals surface area (Å²) in [4.78, 5) is 8.77. The molecule has 136 valence electrons. The van der Waals surface area contributed by atoms with E-state index in [1.165, 1.54) is 0 Å². The van der Waals surface area contributed by atoms with E-state index in [0.29, 0.717) is 0 Å². The molecule has 3 heterocycles. The van der Waals surface area contributed by atoms with E-state index in [-0.39, 0.29) is 0 Å². The molecule has 28 heavy (non-hydrogen) atoms. The van der Waals surface area contributed by atoms with Crippen LogP contribution in [0.2, 0.25) is 0 Å². The third-order valence-electron chi connectivity index (χ3n) is 4.87. The van der Waals surface area contributed by atoms with E-state index in [4.69, 9.17) is 4.74 Å². The maximum Gasteiger partial charge on any atom is 0.152 e. The number of nitrogens with one attached hydrogen (secondary N) is 1. The SMILES string of the molecule is COc1ccc2c(c1)=C(c1ccccc1)Nn1c(-c3ccncc3)cnc1C=2. The molecule has 5 nitrogen and oxygen atoms in total. The van der Waals surface area contributed by atoms with Crippen molar-refractivity contribution in [1.29, 1.82) is 0 Å². The molecule has 4 aromatic rings. The van der Waals surface area contributed by atoms with Crippen LogP contribution in [0.4, 0.5) is 0 Å². The van der Waals surface area contributed by atoms with Crippen LogP contribution in [0.15, 0.2) is 79.3 Å². The second-order valence-electron chi connectivity index (χ2n) is 6.52. The third kappa shape index (κ3) is 2.74. The van der Waals surface area contributed by atoms with Crippen molar-refractivity contribution in [3.05, 3.63) is 101 Å². The molecule has 2 aromatic heterocycles. The van der Waals surface area contributed by atoms with E-state index >= 15 is 0 Å². The predicted octanol–water partition coefficient (Wildman–Crippen LogP) is 2.50. The molecule has 0 fully saturated rings. The minimum absolute atomic E-state index is 0.816. The molecule has 0 bridgehead atoms. The number of imidazole rings is 1. The highest BCUT2D eigenvalue weighted by atomic mass is 16.5. The van der Waals surface area contributed by atoms with Gasteiger partial charge in [0.25, 0.3) is 0 Å². The second kappa shape index (κ2) is 6.70. The molecule has 0 atom stereocenters. The van der Waals surface area contributed by atoms with Crippen molar-refractivity contribution < 1.29 is 4.74 Å². The van der Waals surface area contributed by atoms with Gasteiger partial charge in [-0.3, -0.25) is 10.4 Å². The largest absolute Gasteiger partial charge is 0.497 e. The maximum atomic E-state index is 5.47. The normalized spacial score (nSPS) is 12.2. The number of pyridine rings is 1. The molecule has 0 saturated heterocycles. The predicted molar refractivity (Wildman–Crippen MR) is 110 cm³/mol. The Bertz CT molecular complexity index is 1260. The van der Waals surface area contributed by atoms with Crippen LogP contribution in [0.3, 0.4) is 0 Å². The van der Waals surface area contributed by atoms with Crippen molar-refractivity contribution in [2.75, 3.05) is 12.5 Å². The highest BCUT2D eigenvalue weighted by molar-refractivity contribution is 5.74. The van der Waals surface area contributed by atoms with E-state index in [0.717, 1.165) is 44.5 Å². The lowest BCUT2D eigenvalue weighted by Crippen LogP contribution is -2.30. The maximum absolute atomic E-state index is 5.47. The number of ether oxygens (including phenoxy) is 1. The molecule has 0 amide bonds. The zero-order valence-electron chi connectivity index (χ0n) is 15.3. The quantitative estimate of drug-likeness (QED) is 0.605. The van der Waals surface area contributed by atoms with Crippen LogP contribution in [0, 0.1) is 0 Å². The van der Waals surface area contributed by atoms with Gasteiger partial charge < -0.3 is 4.74 Å². The van der Waals surface area contributed by atoms with Crippen molar-refractivity contribution in [2.45, 2.75) is 0 Å². The van der Waals surface area contributed by atoms with Gasteiger partial charge in [0.1, 0.15) is 5.75 Å². The topological polar surface area (TPSA) is 52.0 Å². The van der Waals surface area contributed by atoms with Crippen LogP contribution < -0.4 is 20.6 Å². The average molecular weight is 366 g/mol. The van der Waals surface area contributed by atoms with Crippen LogP contribution in [0.1, 0.15) is 11.4 Å². The number of benzene rings is 2. The Kier molecular flexibility index (Phi) is 3.91. The Morgan fingerprint density at radius 1 is 0.929 bits per heavy atom. The molecule has 0 spiro atoms. The fourth-order valence-electron chi connectivity index (χ4n) is 3.45. The van der Waals surface area contributed by atoms with Crippen LogP contribution in [0.5, 0.6) is 5.75 Å². The minimum atomic E-state index is 0.816. The first-order valence-electron chi connectivity index (χ1n) is 9.04. The number of hydrogen-bond acceptors (Lipinski definition) is 4. The van der Waals surface area contributed by atoms with E-state index < -0.39 is 0 Å². The molecule has 0 radical (unpaired) electrons. The Morgan fingerprint density at radius 3 is 2.54 bits per heavy atom. The lowest BCUT2D eigenvalue weighted by atomic mass is 10.1. The number of fused-ring (bicyclic) bond motifs is 2. The van der Waals surface area contributed by atoms with Gasteiger partial charge in [-0.25, -0.2) is 9.66 Å². The zero-order valence-corrected chi connectivity index (χ0v) is 15.3. The van der Waals surface area contributed by atoms with Gasteiger partial charge >= 0.3 is 0 Å². The molecule has 0 unspecified atom stereocenters. The van der Waals surface area contributed by atoms with Gasteiger partial charge in [-0.1, -0.05) is 36.4 Å². The minimum Gasteiger partial charge on any atom is -0.497 e. The summed E-state index contributed by atoms with van der Waals surface area (Å²) in [5, 5.41) is 2.15. The van der Waals surface area contributed by atoms with Crippen molar-refractivity contribution in [2.24, 2.45) is 0 Å².